The van der Waals surface area contributed by atoms with Crippen LogP contribution in [0.5, 0.6) is 0 Å². The molecule has 0 spiro atoms. The van der Waals surface area contributed by atoms with Gasteiger partial charge in [-0.05, 0) is 11.4 Å². The molecule has 0 bridgehead atoms. The molecule has 3 nitrogen and oxygen atoms in total. The minimum Gasteiger partial charge on any atom is -0.296 e. The van der Waals surface area contributed by atoms with Gasteiger partial charge in [0.05, 0.1) is 28.7 Å². The highest BCUT2D eigenvalue weighted by Gasteiger charge is 2.08. The van der Waals surface area contributed by atoms with Crippen LogP contribution < -0.4 is 0 Å². The van der Waals surface area contributed by atoms with E-state index < -0.39 is 0 Å². The fraction of sp³-hybridized carbons (Fsp3) is 0. The number of thiophene rings is 1. The molecule has 0 aliphatic rings. The number of aromatic nitrogens is 3. The summed E-state index contributed by atoms with van der Waals surface area (Å²) in [6, 6.07) is 14.4. The molecule has 0 amide bonds. The molecular weight excluding hydrogens is 266 g/mol. The van der Waals surface area contributed by atoms with Crippen molar-refractivity contribution >= 4 is 17.0 Å². The van der Waals surface area contributed by atoms with E-state index in [1.54, 1.807) is 11.3 Å². The van der Waals surface area contributed by atoms with Crippen LogP contribution in [0.2, 0.25) is 0 Å². The predicted octanol–water partition coefficient (Wildman–Crippen LogP) is 4.12. The first-order valence-corrected chi connectivity index (χ1v) is 7.22. The lowest BCUT2D eigenvalue weighted by molar-refractivity contribution is 1.14. The standard InChI is InChI=1S/C16H11N3S/c1-2-5-12(6-3-1)14-9-18-16-10-17-13(11-19(14)16)15-7-4-8-20-15/h1-11H. The van der Waals surface area contributed by atoms with Gasteiger partial charge in [0.1, 0.15) is 0 Å². The lowest BCUT2D eigenvalue weighted by atomic mass is 10.2. The summed E-state index contributed by atoms with van der Waals surface area (Å²) in [5, 5.41) is 2.06. The van der Waals surface area contributed by atoms with E-state index in [2.05, 4.69) is 44.1 Å². The summed E-state index contributed by atoms with van der Waals surface area (Å²) in [4.78, 5) is 10.1. The minimum atomic E-state index is 0.865. The number of hydrogen-bond acceptors (Lipinski definition) is 3. The smallest absolute Gasteiger partial charge is 0.155 e. The highest BCUT2D eigenvalue weighted by atomic mass is 32.1. The van der Waals surface area contributed by atoms with Crippen LogP contribution in [0.4, 0.5) is 0 Å². The summed E-state index contributed by atoms with van der Waals surface area (Å²) in [7, 11) is 0. The predicted molar refractivity (Wildman–Crippen MR) is 81.7 cm³/mol. The lowest BCUT2D eigenvalue weighted by Crippen LogP contribution is -1.91. The molecule has 4 rings (SSSR count). The average molecular weight is 277 g/mol. The average Bonchev–Trinajstić information content (AvgIpc) is 3.17. The van der Waals surface area contributed by atoms with E-state index in [0.717, 1.165) is 22.6 Å². The first-order chi connectivity index (χ1) is 9.92. The zero-order valence-corrected chi connectivity index (χ0v) is 11.4. The van der Waals surface area contributed by atoms with Gasteiger partial charge in [-0.2, -0.15) is 0 Å². The van der Waals surface area contributed by atoms with Crippen molar-refractivity contribution < 1.29 is 0 Å². The van der Waals surface area contributed by atoms with E-state index in [1.165, 1.54) is 4.88 Å². The molecule has 3 heterocycles. The van der Waals surface area contributed by atoms with Crippen molar-refractivity contribution in [2.75, 3.05) is 0 Å². The zero-order chi connectivity index (χ0) is 13.4. The third-order valence-electron chi connectivity index (χ3n) is 3.24. The van der Waals surface area contributed by atoms with Crippen LogP contribution in [0.25, 0.3) is 27.5 Å². The van der Waals surface area contributed by atoms with E-state index in [-0.39, 0.29) is 0 Å². The molecule has 0 N–H and O–H groups in total. The molecule has 0 aliphatic carbocycles. The largest absolute Gasteiger partial charge is 0.296 e. The number of fused-ring (bicyclic) bond motifs is 1. The maximum Gasteiger partial charge on any atom is 0.155 e. The van der Waals surface area contributed by atoms with Gasteiger partial charge in [-0.15, -0.1) is 11.3 Å². The third kappa shape index (κ3) is 1.82. The quantitative estimate of drug-likeness (QED) is 0.551. The molecule has 1 aromatic carbocycles. The molecular formula is C16H11N3S. The van der Waals surface area contributed by atoms with Gasteiger partial charge in [0, 0.05) is 11.8 Å². The van der Waals surface area contributed by atoms with Crippen LogP contribution in [-0.4, -0.2) is 14.4 Å². The molecule has 0 unspecified atom stereocenters. The molecule has 20 heavy (non-hydrogen) atoms. The topological polar surface area (TPSA) is 30.2 Å². The van der Waals surface area contributed by atoms with E-state index >= 15 is 0 Å². The summed E-state index contributed by atoms with van der Waals surface area (Å²) in [5.74, 6) is 0. The van der Waals surface area contributed by atoms with Crippen LogP contribution in [-0.2, 0) is 0 Å². The van der Waals surface area contributed by atoms with Crippen molar-refractivity contribution in [3.8, 4) is 21.8 Å². The minimum absolute atomic E-state index is 0.865. The van der Waals surface area contributed by atoms with E-state index in [1.807, 2.05) is 36.7 Å². The third-order valence-corrected chi connectivity index (χ3v) is 4.13. The summed E-state index contributed by atoms with van der Waals surface area (Å²) in [6.45, 7) is 0. The van der Waals surface area contributed by atoms with Gasteiger partial charge in [-0.25, -0.2) is 9.97 Å². The molecule has 0 fully saturated rings. The number of rotatable bonds is 2. The highest BCUT2D eigenvalue weighted by Crippen LogP contribution is 2.25. The van der Waals surface area contributed by atoms with E-state index in [9.17, 15) is 0 Å². The van der Waals surface area contributed by atoms with E-state index in [0.29, 0.717) is 0 Å². The molecule has 0 aliphatic heterocycles. The van der Waals surface area contributed by atoms with Crippen molar-refractivity contribution in [2.24, 2.45) is 0 Å². The Bertz CT molecular complexity index is 848. The second-order valence-electron chi connectivity index (χ2n) is 4.49. The number of imidazole rings is 1. The van der Waals surface area contributed by atoms with Gasteiger partial charge < -0.3 is 0 Å². The normalized spacial score (nSPS) is 11.0. The molecule has 0 saturated carbocycles. The molecule has 0 atom stereocenters. The second kappa shape index (κ2) is 4.58. The van der Waals surface area contributed by atoms with Gasteiger partial charge in [0.15, 0.2) is 5.65 Å². The van der Waals surface area contributed by atoms with Crippen LogP contribution in [0.3, 0.4) is 0 Å². The van der Waals surface area contributed by atoms with E-state index in [4.69, 9.17) is 0 Å². The van der Waals surface area contributed by atoms with Crippen molar-refractivity contribution in [1.82, 2.24) is 14.4 Å². The number of nitrogens with zero attached hydrogens (tertiary/aromatic N) is 3. The fourth-order valence-corrected chi connectivity index (χ4v) is 2.95. The van der Waals surface area contributed by atoms with Gasteiger partial charge in [-0.1, -0.05) is 36.4 Å². The first-order valence-electron chi connectivity index (χ1n) is 6.34. The molecule has 96 valence electrons. The van der Waals surface area contributed by atoms with Crippen LogP contribution >= 0.6 is 11.3 Å². The van der Waals surface area contributed by atoms with Gasteiger partial charge in [0.25, 0.3) is 0 Å². The fourth-order valence-electron chi connectivity index (χ4n) is 2.26. The monoisotopic (exact) mass is 277 g/mol. The maximum atomic E-state index is 4.48. The first kappa shape index (κ1) is 11.4. The van der Waals surface area contributed by atoms with Gasteiger partial charge in [0.2, 0.25) is 0 Å². The van der Waals surface area contributed by atoms with Gasteiger partial charge in [-0.3, -0.25) is 4.40 Å². The zero-order valence-electron chi connectivity index (χ0n) is 10.6. The van der Waals surface area contributed by atoms with Gasteiger partial charge >= 0.3 is 0 Å². The Labute approximate surface area is 120 Å². The Hall–Kier alpha value is -2.46. The molecule has 0 saturated heterocycles. The van der Waals surface area contributed by atoms with Crippen LogP contribution in [0.1, 0.15) is 0 Å². The van der Waals surface area contributed by atoms with Crippen molar-refractivity contribution in [3.63, 3.8) is 0 Å². The maximum absolute atomic E-state index is 4.48. The van der Waals surface area contributed by atoms with Crippen LogP contribution in [0, 0.1) is 0 Å². The molecule has 4 heteroatoms. The Balaban J connectivity index is 1.93. The van der Waals surface area contributed by atoms with Crippen molar-refractivity contribution in [3.05, 3.63) is 66.4 Å². The van der Waals surface area contributed by atoms with Crippen molar-refractivity contribution in [2.45, 2.75) is 0 Å². The summed E-state index contributed by atoms with van der Waals surface area (Å²) in [6.07, 6.45) is 5.77. The Morgan fingerprint density at radius 1 is 0.900 bits per heavy atom. The Morgan fingerprint density at radius 2 is 1.80 bits per heavy atom. The number of hydrogen-bond donors (Lipinski definition) is 0. The summed E-state index contributed by atoms with van der Waals surface area (Å²) < 4.78 is 2.09. The summed E-state index contributed by atoms with van der Waals surface area (Å²) in [5.41, 5.74) is 4.08. The lowest BCUT2D eigenvalue weighted by Gasteiger charge is -2.03. The highest BCUT2D eigenvalue weighted by molar-refractivity contribution is 7.13. The number of benzene rings is 1. The molecule has 3 aromatic heterocycles. The molecule has 0 radical (unpaired) electrons. The molecule has 4 aromatic rings. The summed E-state index contributed by atoms with van der Waals surface area (Å²) >= 11 is 1.69. The van der Waals surface area contributed by atoms with Crippen molar-refractivity contribution in [1.29, 1.82) is 0 Å². The second-order valence-corrected chi connectivity index (χ2v) is 5.44. The van der Waals surface area contributed by atoms with Crippen LogP contribution in [0.15, 0.2) is 66.4 Å². The Kier molecular flexibility index (Phi) is 2.60. The Morgan fingerprint density at radius 3 is 2.60 bits per heavy atom. The SMILES string of the molecule is c1ccc(-c2cnc3cnc(-c4cccs4)cn23)cc1.